The van der Waals surface area contributed by atoms with E-state index in [0.717, 1.165) is 11.1 Å². The number of rotatable bonds is 7. The van der Waals surface area contributed by atoms with E-state index in [2.05, 4.69) is 16.1 Å². The second-order valence-electron chi connectivity index (χ2n) is 7.58. The quantitative estimate of drug-likeness (QED) is 0.745. The van der Waals surface area contributed by atoms with Crippen LogP contribution in [-0.4, -0.2) is 19.9 Å². The number of benzene rings is 2. The summed E-state index contributed by atoms with van der Waals surface area (Å²) in [5, 5.41) is 11.5. The van der Waals surface area contributed by atoms with E-state index in [4.69, 9.17) is 5.26 Å². The first-order chi connectivity index (χ1) is 13.1. The summed E-state index contributed by atoms with van der Waals surface area (Å²) < 4.78 is 27.2. The minimum absolute atomic E-state index is 0.126. The molecule has 0 aliphatic rings. The summed E-state index contributed by atoms with van der Waals surface area (Å²) in [4.78, 5) is 12.3. The number of hydrogen-bond acceptors (Lipinski definition) is 4. The van der Waals surface area contributed by atoms with Gasteiger partial charge in [-0.3, -0.25) is 4.79 Å². The van der Waals surface area contributed by atoms with Crippen LogP contribution in [0.1, 0.15) is 38.3 Å². The number of hydrogen-bond donors (Lipinski definition) is 2. The van der Waals surface area contributed by atoms with Crippen LogP contribution in [0.4, 0.5) is 5.69 Å². The summed E-state index contributed by atoms with van der Waals surface area (Å²) in [6.45, 7) is 5.36. The molecule has 6 nitrogen and oxygen atoms in total. The Kier molecular flexibility index (Phi) is 6.95. The summed E-state index contributed by atoms with van der Waals surface area (Å²) >= 11 is 0. The average molecular weight is 400 g/mol. The molecule has 0 atom stereocenters. The summed E-state index contributed by atoms with van der Waals surface area (Å²) in [5.74, 6) is -0.126. The number of carbonyl (C=O) groups excluding carboxylic acids is 1. The minimum atomic E-state index is -3.56. The second kappa shape index (κ2) is 9.00. The van der Waals surface area contributed by atoms with Gasteiger partial charge >= 0.3 is 0 Å². The molecule has 0 saturated carbocycles. The van der Waals surface area contributed by atoms with E-state index in [1.54, 1.807) is 57.2 Å². The Labute approximate surface area is 166 Å². The first kappa shape index (κ1) is 21.6. The SMILES string of the molecule is CC(C)(C)NS(=O)(=O)c1ccc(CCC(=O)Nc2ccc(CC#N)cc2)cc1. The van der Waals surface area contributed by atoms with Gasteiger partial charge in [0.15, 0.2) is 0 Å². The van der Waals surface area contributed by atoms with Crippen molar-refractivity contribution in [1.82, 2.24) is 4.72 Å². The van der Waals surface area contributed by atoms with E-state index < -0.39 is 15.6 Å². The van der Waals surface area contributed by atoms with E-state index in [0.29, 0.717) is 18.5 Å². The third-order valence-corrected chi connectivity index (χ3v) is 5.61. The summed E-state index contributed by atoms with van der Waals surface area (Å²) in [6.07, 6.45) is 1.13. The number of sulfonamides is 1. The van der Waals surface area contributed by atoms with Gasteiger partial charge in [0.1, 0.15) is 0 Å². The summed E-state index contributed by atoms with van der Waals surface area (Å²) in [7, 11) is -3.56. The number of nitrogens with zero attached hydrogens (tertiary/aromatic N) is 1. The van der Waals surface area contributed by atoms with Crippen molar-refractivity contribution in [2.75, 3.05) is 5.32 Å². The van der Waals surface area contributed by atoms with Gasteiger partial charge in [0.25, 0.3) is 0 Å². The molecule has 0 aliphatic carbocycles. The van der Waals surface area contributed by atoms with Crippen molar-refractivity contribution in [3.63, 3.8) is 0 Å². The lowest BCUT2D eigenvalue weighted by molar-refractivity contribution is -0.116. The van der Waals surface area contributed by atoms with Gasteiger partial charge in [-0.05, 0) is 62.6 Å². The van der Waals surface area contributed by atoms with Crippen LogP contribution in [0.15, 0.2) is 53.4 Å². The van der Waals surface area contributed by atoms with E-state index in [-0.39, 0.29) is 17.2 Å². The van der Waals surface area contributed by atoms with Crippen LogP contribution in [0, 0.1) is 11.3 Å². The summed E-state index contributed by atoms with van der Waals surface area (Å²) in [6, 6.07) is 15.8. The molecule has 2 N–H and O–H groups in total. The molecule has 0 bridgehead atoms. The van der Waals surface area contributed by atoms with Crippen LogP contribution >= 0.6 is 0 Å². The van der Waals surface area contributed by atoms with E-state index in [1.165, 1.54) is 0 Å². The minimum Gasteiger partial charge on any atom is -0.326 e. The molecule has 0 radical (unpaired) electrons. The molecule has 0 aromatic heterocycles. The predicted octanol–water partition coefficient (Wildman–Crippen LogP) is 3.40. The monoisotopic (exact) mass is 399 g/mol. The number of carbonyl (C=O) groups is 1. The molecule has 0 saturated heterocycles. The number of nitriles is 1. The maximum atomic E-state index is 12.3. The van der Waals surface area contributed by atoms with E-state index in [1.807, 2.05) is 12.1 Å². The molecule has 0 aliphatic heterocycles. The normalized spacial score (nSPS) is 11.6. The summed E-state index contributed by atoms with van der Waals surface area (Å²) in [5.41, 5.74) is 1.91. The van der Waals surface area contributed by atoms with Gasteiger partial charge in [0, 0.05) is 17.6 Å². The highest BCUT2D eigenvalue weighted by atomic mass is 32.2. The molecular weight excluding hydrogens is 374 g/mol. The number of nitrogens with one attached hydrogen (secondary N) is 2. The molecule has 2 aromatic carbocycles. The largest absolute Gasteiger partial charge is 0.326 e. The van der Waals surface area contributed by atoms with E-state index >= 15 is 0 Å². The second-order valence-corrected chi connectivity index (χ2v) is 9.26. The smallest absolute Gasteiger partial charge is 0.241 e. The third kappa shape index (κ3) is 6.80. The Balaban J connectivity index is 1.90. The highest BCUT2D eigenvalue weighted by Crippen LogP contribution is 2.15. The standard InChI is InChI=1S/C21H25N3O3S/c1-21(2,3)24-28(26,27)19-11-6-16(7-12-19)8-13-20(25)23-18-9-4-17(5-10-18)14-15-22/h4-7,9-12,24H,8,13-14H2,1-3H3,(H,23,25). The Bertz CT molecular complexity index is 952. The van der Waals surface area contributed by atoms with Gasteiger partial charge in [0.05, 0.1) is 17.4 Å². The molecule has 148 valence electrons. The Hall–Kier alpha value is -2.69. The van der Waals surface area contributed by atoms with Crippen molar-refractivity contribution < 1.29 is 13.2 Å². The van der Waals surface area contributed by atoms with Crippen molar-refractivity contribution in [3.8, 4) is 6.07 Å². The Morgan fingerprint density at radius 2 is 1.57 bits per heavy atom. The zero-order valence-corrected chi connectivity index (χ0v) is 17.1. The van der Waals surface area contributed by atoms with Gasteiger partial charge in [-0.15, -0.1) is 0 Å². The van der Waals surface area contributed by atoms with Crippen molar-refractivity contribution in [2.45, 2.75) is 50.5 Å². The molecule has 0 fully saturated rings. The Morgan fingerprint density at radius 3 is 2.11 bits per heavy atom. The topological polar surface area (TPSA) is 99.1 Å². The van der Waals surface area contributed by atoms with Crippen molar-refractivity contribution in [2.24, 2.45) is 0 Å². The fourth-order valence-corrected chi connectivity index (χ4v) is 3.99. The molecule has 0 heterocycles. The first-order valence-electron chi connectivity index (χ1n) is 8.98. The lowest BCUT2D eigenvalue weighted by atomic mass is 10.1. The van der Waals surface area contributed by atoms with Crippen LogP contribution in [0.25, 0.3) is 0 Å². The molecule has 0 unspecified atom stereocenters. The molecule has 2 rings (SSSR count). The molecule has 7 heteroatoms. The van der Waals surface area contributed by atoms with Gasteiger partial charge in [-0.1, -0.05) is 24.3 Å². The van der Waals surface area contributed by atoms with Crippen molar-refractivity contribution in [3.05, 3.63) is 59.7 Å². The average Bonchev–Trinajstić information content (AvgIpc) is 2.60. The maximum absolute atomic E-state index is 12.3. The molecule has 1 amide bonds. The van der Waals surface area contributed by atoms with Crippen LogP contribution in [0.5, 0.6) is 0 Å². The van der Waals surface area contributed by atoms with Crippen LogP contribution in [-0.2, 0) is 27.7 Å². The van der Waals surface area contributed by atoms with Gasteiger partial charge in [-0.25, -0.2) is 13.1 Å². The highest BCUT2D eigenvalue weighted by Gasteiger charge is 2.21. The number of anilines is 1. The molecular formula is C21H25N3O3S. The molecule has 28 heavy (non-hydrogen) atoms. The maximum Gasteiger partial charge on any atom is 0.241 e. The fourth-order valence-electron chi connectivity index (χ4n) is 2.58. The number of amides is 1. The highest BCUT2D eigenvalue weighted by molar-refractivity contribution is 7.89. The Morgan fingerprint density at radius 1 is 1.00 bits per heavy atom. The fraction of sp³-hybridized carbons (Fsp3) is 0.333. The zero-order valence-electron chi connectivity index (χ0n) is 16.3. The predicted molar refractivity (Wildman–Crippen MR) is 109 cm³/mol. The van der Waals surface area contributed by atoms with Crippen molar-refractivity contribution in [1.29, 1.82) is 5.26 Å². The van der Waals surface area contributed by atoms with Crippen molar-refractivity contribution >= 4 is 21.6 Å². The lowest BCUT2D eigenvalue weighted by Crippen LogP contribution is -2.40. The molecule has 0 spiro atoms. The van der Waals surface area contributed by atoms with E-state index in [9.17, 15) is 13.2 Å². The van der Waals surface area contributed by atoms with Crippen LogP contribution in [0.3, 0.4) is 0 Å². The first-order valence-corrected chi connectivity index (χ1v) is 10.5. The van der Waals surface area contributed by atoms with Gasteiger partial charge in [-0.2, -0.15) is 5.26 Å². The zero-order chi connectivity index (χ0) is 20.8. The van der Waals surface area contributed by atoms with Gasteiger partial charge in [0.2, 0.25) is 15.9 Å². The van der Waals surface area contributed by atoms with Crippen LogP contribution in [0.2, 0.25) is 0 Å². The van der Waals surface area contributed by atoms with Gasteiger partial charge < -0.3 is 5.32 Å². The van der Waals surface area contributed by atoms with Crippen LogP contribution < -0.4 is 10.0 Å². The molecule has 2 aromatic rings. The third-order valence-electron chi connectivity index (χ3n) is 3.84. The number of aryl methyl sites for hydroxylation is 1. The lowest BCUT2D eigenvalue weighted by Gasteiger charge is -2.20.